The molecule has 24 heavy (non-hydrogen) atoms. The minimum Gasteiger partial charge on any atom is -0.326 e. The summed E-state index contributed by atoms with van der Waals surface area (Å²) in [5.74, 6) is -1.34. The molecular formula is C17H16BrClN2O3. The quantitative estimate of drug-likeness (QED) is 0.773. The number of nitrogens with zero attached hydrogens (tertiary/aromatic N) is 1. The van der Waals surface area contributed by atoms with Gasteiger partial charge in [0.1, 0.15) is 0 Å². The lowest BCUT2D eigenvalue weighted by molar-refractivity contribution is -0.140. The van der Waals surface area contributed by atoms with E-state index in [2.05, 4.69) is 21.2 Å². The Morgan fingerprint density at radius 1 is 1.21 bits per heavy atom. The molecule has 0 saturated carbocycles. The number of carbonyl (C=O) groups is 3. The first-order chi connectivity index (χ1) is 11.5. The maximum Gasteiger partial charge on any atom is 0.233 e. The summed E-state index contributed by atoms with van der Waals surface area (Å²) in [6.45, 7) is 0.102. The minimum absolute atomic E-state index is 0.0775. The maximum absolute atomic E-state index is 12.4. The van der Waals surface area contributed by atoms with E-state index >= 15 is 0 Å². The van der Waals surface area contributed by atoms with Gasteiger partial charge in [-0.05, 0) is 37.1 Å². The highest BCUT2D eigenvalue weighted by Crippen LogP contribution is 2.38. The lowest BCUT2D eigenvalue weighted by atomic mass is 9.85. The van der Waals surface area contributed by atoms with E-state index in [1.54, 1.807) is 18.2 Å². The van der Waals surface area contributed by atoms with E-state index in [1.807, 2.05) is 12.1 Å². The minimum atomic E-state index is -0.371. The monoisotopic (exact) mass is 410 g/mol. The number of amides is 3. The molecule has 1 heterocycles. The number of benzene rings is 1. The predicted octanol–water partition coefficient (Wildman–Crippen LogP) is 3.30. The SMILES string of the molecule is O=C(CCN1C(=O)[C@@H]2CC=C(Cl)C[C@H]2C1=O)Nc1ccc(Br)cc1. The molecule has 0 spiro atoms. The van der Waals surface area contributed by atoms with Gasteiger partial charge in [-0.15, -0.1) is 0 Å². The zero-order valence-electron chi connectivity index (χ0n) is 12.8. The standard InChI is InChI=1S/C17H16BrClN2O3/c18-10-1-4-12(5-2-10)20-15(22)7-8-21-16(23)13-6-3-11(19)9-14(13)17(21)24/h1-5,13-14H,6-9H2,(H,20,22)/t13-,14-/m1/s1. The van der Waals surface area contributed by atoms with Crippen molar-refractivity contribution in [3.8, 4) is 0 Å². The molecule has 1 aliphatic heterocycles. The Bertz CT molecular complexity index is 717. The summed E-state index contributed by atoms with van der Waals surface area (Å²) in [6.07, 6.45) is 2.79. The molecule has 1 fully saturated rings. The van der Waals surface area contributed by atoms with Crippen molar-refractivity contribution in [3.05, 3.63) is 39.8 Å². The number of nitrogens with one attached hydrogen (secondary N) is 1. The van der Waals surface area contributed by atoms with Gasteiger partial charge in [-0.3, -0.25) is 19.3 Å². The van der Waals surface area contributed by atoms with E-state index in [9.17, 15) is 14.4 Å². The molecule has 1 N–H and O–H groups in total. The smallest absolute Gasteiger partial charge is 0.233 e. The second-order valence-corrected chi connectivity index (χ2v) is 7.34. The molecule has 3 rings (SSSR count). The molecular weight excluding hydrogens is 396 g/mol. The van der Waals surface area contributed by atoms with Crippen LogP contribution in [-0.4, -0.2) is 29.2 Å². The van der Waals surface area contributed by atoms with Crippen molar-refractivity contribution in [1.29, 1.82) is 0 Å². The first-order valence-corrected chi connectivity index (χ1v) is 8.88. The second-order valence-electron chi connectivity index (χ2n) is 5.94. The molecule has 7 heteroatoms. The van der Waals surface area contributed by atoms with Crippen LogP contribution >= 0.6 is 27.5 Å². The van der Waals surface area contributed by atoms with Crippen LogP contribution in [0.5, 0.6) is 0 Å². The molecule has 1 aliphatic carbocycles. The Balaban J connectivity index is 1.57. The molecule has 0 aromatic heterocycles. The maximum atomic E-state index is 12.4. The van der Waals surface area contributed by atoms with Crippen LogP contribution in [0.2, 0.25) is 0 Å². The van der Waals surface area contributed by atoms with E-state index in [1.165, 1.54) is 4.90 Å². The van der Waals surface area contributed by atoms with Crippen LogP contribution in [0.1, 0.15) is 19.3 Å². The fraction of sp³-hybridized carbons (Fsp3) is 0.353. The highest BCUT2D eigenvalue weighted by atomic mass is 79.9. The van der Waals surface area contributed by atoms with Crippen molar-refractivity contribution in [2.45, 2.75) is 19.3 Å². The molecule has 3 amide bonds. The second kappa shape index (κ2) is 7.07. The number of imide groups is 1. The van der Waals surface area contributed by atoms with Crippen LogP contribution in [0.4, 0.5) is 5.69 Å². The summed E-state index contributed by atoms with van der Waals surface area (Å²) in [4.78, 5) is 38.0. The molecule has 2 aliphatic rings. The van der Waals surface area contributed by atoms with Gasteiger partial charge >= 0.3 is 0 Å². The van der Waals surface area contributed by atoms with Crippen molar-refractivity contribution in [1.82, 2.24) is 4.90 Å². The lowest BCUT2D eigenvalue weighted by Crippen LogP contribution is -2.34. The number of halogens is 2. The van der Waals surface area contributed by atoms with E-state index in [0.29, 0.717) is 23.6 Å². The van der Waals surface area contributed by atoms with Gasteiger partial charge in [0.2, 0.25) is 17.7 Å². The number of likely N-dealkylation sites (tertiary alicyclic amines) is 1. The van der Waals surface area contributed by atoms with Crippen molar-refractivity contribution in [2.24, 2.45) is 11.8 Å². The van der Waals surface area contributed by atoms with Crippen LogP contribution in [0.25, 0.3) is 0 Å². The molecule has 0 unspecified atom stereocenters. The molecule has 0 bridgehead atoms. The molecule has 1 aromatic carbocycles. The van der Waals surface area contributed by atoms with Gasteiger partial charge in [0.15, 0.2) is 0 Å². The molecule has 5 nitrogen and oxygen atoms in total. The molecule has 126 valence electrons. The third-order valence-corrected chi connectivity index (χ3v) is 5.19. The summed E-state index contributed by atoms with van der Waals surface area (Å²) < 4.78 is 0.920. The average Bonchev–Trinajstić information content (AvgIpc) is 2.78. The zero-order valence-corrected chi connectivity index (χ0v) is 15.1. The number of hydrogen-bond donors (Lipinski definition) is 1. The van der Waals surface area contributed by atoms with Gasteiger partial charge in [0.05, 0.1) is 11.8 Å². The Hall–Kier alpha value is -1.66. The first-order valence-electron chi connectivity index (χ1n) is 7.71. The number of carbonyl (C=O) groups excluding carboxylic acids is 3. The third kappa shape index (κ3) is 3.54. The van der Waals surface area contributed by atoms with Crippen LogP contribution in [0.15, 0.2) is 39.8 Å². The molecule has 1 saturated heterocycles. The van der Waals surface area contributed by atoms with Crippen LogP contribution < -0.4 is 5.32 Å². The van der Waals surface area contributed by atoms with Gasteiger partial charge < -0.3 is 5.32 Å². The lowest BCUT2D eigenvalue weighted by Gasteiger charge is -2.17. The number of fused-ring (bicyclic) bond motifs is 1. The first kappa shape index (κ1) is 17.2. The Labute approximate surface area is 153 Å². The largest absolute Gasteiger partial charge is 0.326 e. The van der Waals surface area contributed by atoms with Crippen LogP contribution in [0.3, 0.4) is 0 Å². The van der Waals surface area contributed by atoms with Gasteiger partial charge in [-0.2, -0.15) is 0 Å². The number of allylic oxidation sites excluding steroid dienone is 2. The van der Waals surface area contributed by atoms with Gasteiger partial charge in [-0.25, -0.2) is 0 Å². The normalized spacial score (nSPS) is 23.1. The molecule has 2 atom stereocenters. The molecule has 0 radical (unpaired) electrons. The van der Waals surface area contributed by atoms with Crippen molar-refractivity contribution < 1.29 is 14.4 Å². The van der Waals surface area contributed by atoms with E-state index in [4.69, 9.17) is 11.6 Å². The molecule has 1 aromatic rings. The number of rotatable bonds is 4. The van der Waals surface area contributed by atoms with E-state index < -0.39 is 0 Å². The number of hydrogen-bond acceptors (Lipinski definition) is 3. The number of anilines is 1. The van der Waals surface area contributed by atoms with Crippen molar-refractivity contribution in [2.75, 3.05) is 11.9 Å². The Kier molecular flexibility index (Phi) is 5.06. The van der Waals surface area contributed by atoms with E-state index in [-0.39, 0.29) is 42.5 Å². The summed E-state index contributed by atoms with van der Waals surface area (Å²) in [5, 5.41) is 3.38. The zero-order chi connectivity index (χ0) is 17.3. The van der Waals surface area contributed by atoms with E-state index in [0.717, 1.165) is 4.47 Å². The predicted molar refractivity (Wildman–Crippen MR) is 94.3 cm³/mol. The topological polar surface area (TPSA) is 66.5 Å². The van der Waals surface area contributed by atoms with Crippen LogP contribution in [-0.2, 0) is 14.4 Å². The van der Waals surface area contributed by atoms with Crippen molar-refractivity contribution >= 4 is 50.9 Å². The van der Waals surface area contributed by atoms with Crippen LogP contribution in [0, 0.1) is 11.8 Å². The summed E-state index contributed by atoms with van der Waals surface area (Å²) in [6, 6.07) is 7.20. The van der Waals surface area contributed by atoms with Gasteiger partial charge in [-0.1, -0.05) is 33.6 Å². The third-order valence-electron chi connectivity index (χ3n) is 4.35. The van der Waals surface area contributed by atoms with Crippen molar-refractivity contribution in [3.63, 3.8) is 0 Å². The van der Waals surface area contributed by atoms with Gasteiger partial charge in [0, 0.05) is 28.2 Å². The Morgan fingerprint density at radius 2 is 1.88 bits per heavy atom. The fourth-order valence-corrected chi connectivity index (χ4v) is 3.61. The Morgan fingerprint density at radius 3 is 2.58 bits per heavy atom. The summed E-state index contributed by atoms with van der Waals surface area (Å²) >= 11 is 9.31. The highest BCUT2D eigenvalue weighted by molar-refractivity contribution is 9.10. The highest BCUT2D eigenvalue weighted by Gasteiger charge is 2.48. The fourth-order valence-electron chi connectivity index (χ4n) is 3.09. The van der Waals surface area contributed by atoms with Gasteiger partial charge in [0.25, 0.3) is 0 Å². The average molecular weight is 412 g/mol. The summed E-state index contributed by atoms with van der Waals surface area (Å²) in [5.41, 5.74) is 0.673. The summed E-state index contributed by atoms with van der Waals surface area (Å²) in [7, 11) is 0.